The maximum atomic E-state index is 13.2. The molecule has 1 aromatic heterocycles. The van der Waals surface area contributed by atoms with Crippen LogP contribution in [0.1, 0.15) is 33.0 Å². The molecule has 144 valence electrons. The molecule has 1 saturated heterocycles. The molecule has 1 fully saturated rings. The van der Waals surface area contributed by atoms with Crippen molar-refractivity contribution in [2.24, 2.45) is 5.41 Å². The van der Waals surface area contributed by atoms with Crippen LogP contribution >= 0.6 is 11.3 Å². The average Bonchev–Trinajstić information content (AvgIpc) is 3.23. The topological polar surface area (TPSA) is 70.5 Å². The summed E-state index contributed by atoms with van der Waals surface area (Å²) in [5, 5.41) is 11.3. The first-order valence-corrected chi connectivity index (χ1v) is 9.10. The van der Waals surface area contributed by atoms with Crippen molar-refractivity contribution in [3.8, 4) is 0 Å². The Hall–Kier alpha value is -2.42. The molecule has 0 saturated carbocycles. The standard InChI is InChI=1S/C18H17F3N2O3S/c1-11-2-4-12(5-3-11)8-14-22-13(9-27-14)15(24)23-7-6-17(10-23,16(25)26)18(19,20)21/h2-5,9H,6-8,10H2,1H3,(H,25,26). The molecule has 0 aliphatic carbocycles. The minimum absolute atomic E-state index is 0.0467. The lowest BCUT2D eigenvalue weighted by Crippen LogP contribution is -2.47. The van der Waals surface area contributed by atoms with E-state index < -0.39 is 36.4 Å². The molecular formula is C18H17F3N2O3S. The van der Waals surface area contributed by atoms with Crippen LogP contribution < -0.4 is 0 Å². The van der Waals surface area contributed by atoms with Crippen LogP contribution in [0.4, 0.5) is 13.2 Å². The summed E-state index contributed by atoms with van der Waals surface area (Å²) in [6.07, 6.45) is -5.07. The Morgan fingerprint density at radius 2 is 1.96 bits per heavy atom. The highest BCUT2D eigenvalue weighted by Crippen LogP contribution is 2.46. The van der Waals surface area contributed by atoms with E-state index >= 15 is 0 Å². The number of thiazole rings is 1. The summed E-state index contributed by atoms with van der Waals surface area (Å²) in [4.78, 5) is 28.9. The smallest absolute Gasteiger partial charge is 0.406 e. The Balaban J connectivity index is 1.73. The number of aryl methyl sites for hydroxylation is 1. The second-order valence-corrected chi connectivity index (χ2v) is 7.59. The van der Waals surface area contributed by atoms with E-state index in [1.807, 2.05) is 31.2 Å². The second kappa shape index (κ2) is 6.95. The lowest BCUT2D eigenvalue weighted by atomic mass is 9.86. The third-order valence-electron chi connectivity index (χ3n) is 4.76. The molecule has 2 aromatic rings. The molecule has 9 heteroatoms. The van der Waals surface area contributed by atoms with Gasteiger partial charge in [-0.3, -0.25) is 9.59 Å². The zero-order chi connectivity index (χ0) is 19.8. The number of hydrogen-bond acceptors (Lipinski definition) is 4. The van der Waals surface area contributed by atoms with Crippen LogP contribution in [0.3, 0.4) is 0 Å². The van der Waals surface area contributed by atoms with Gasteiger partial charge in [0.1, 0.15) is 5.69 Å². The van der Waals surface area contributed by atoms with Gasteiger partial charge in [-0.2, -0.15) is 13.2 Å². The van der Waals surface area contributed by atoms with Crippen LogP contribution in [0.5, 0.6) is 0 Å². The molecule has 1 aliphatic rings. The number of carbonyl (C=O) groups is 2. The van der Waals surface area contributed by atoms with Crippen LogP contribution in [0.15, 0.2) is 29.6 Å². The number of carbonyl (C=O) groups excluding carboxylic acids is 1. The minimum atomic E-state index is -4.92. The van der Waals surface area contributed by atoms with Crippen LogP contribution in [0.2, 0.25) is 0 Å². The Kier molecular flexibility index (Phi) is 4.98. The predicted molar refractivity (Wildman–Crippen MR) is 92.7 cm³/mol. The zero-order valence-electron chi connectivity index (χ0n) is 14.4. The number of amides is 1. The van der Waals surface area contributed by atoms with Gasteiger partial charge >= 0.3 is 12.1 Å². The van der Waals surface area contributed by atoms with Gasteiger partial charge in [0.25, 0.3) is 5.91 Å². The number of alkyl halides is 3. The highest BCUT2D eigenvalue weighted by molar-refractivity contribution is 7.09. The highest BCUT2D eigenvalue weighted by Gasteiger charge is 2.64. The molecular weight excluding hydrogens is 381 g/mol. The van der Waals surface area contributed by atoms with Gasteiger partial charge < -0.3 is 10.0 Å². The van der Waals surface area contributed by atoms with Crippen molar-refractivity contribution < 1.29 is 27.9 Å². The molecule has 1 N–H and O–H groups in total. The monoisotopic (exact) mass is 398 g/mol. The molecule has 1 amide bonds. The summed E-state index contributed by atoms with van der Waals surface area (Å²) in [6.45, 7) is 0.809. The van der Waals surface area contributed by atoms with Crippen molar-refractivity contribution in [3.63, 3.8) is 0 Å². The van der Waals surface area contributed by atoms with E-state index in [-0.39, 0.29) is 12.2 Å². The molecule has 1 aromatic carbocycles. The number of halogens is 3. The summed E-state index contributed by atoms with van der Waals surface area (Å²) in [5.74, 6) is -2.63. The zero-order valence-corrected chi connectivity index (χ0v) is 15.2. The quantitative estimate of drug-likeness (QED) is 0.856. The van der Waals surface area contributed by atoms with Gasteiger partial charge in [-0.1, -0.05) is 29.8 Å². The number of rotatable bonds is 4. The van der Waals surface area contributed by atoms with Crippen molar-refractivity contribution in [3.05, 3.63) is 51.5 Å². The van der Waals surface area contributed by atoms with Crippen LogP contribution in [-0.4, -0.2) is 46.1 Å². The first-order chi connectivity index (χ1) is 12.6. The summed E-state index contributed by atoms with van der Waals surface area (Å²) >= 11 is 1.25. The second-order valence-electron chi connectivity index (χ2n) is 6.65. The number of benzene rings is 1. The van der Waals surface area contributed by atoms with E-state index in [1.165, 1.54) is 16.7 Å². The molecule has 3 rings (SSSR count). The van der Waals surface area contributed by atoms with Gasteiger partial charge in [0.15, 0.2) is 5.41 Å². The molecule has 2 heterocycles. The van der Waals surface area contributed by atoms with Gasteiger partial charge in [-0.05, 0) is 18.9 Å². The highest BCUT2D eigenvalue weighted by atomic mass is 32.1. The van der Waals surface area contributed by atoms with Gasteiger partial charge in [-0.25, -0.2) is 4.98 Å². The Morgan fingerprint density at radius 3 is 2.52 bits per heavy atom. The van der Waals surface area contributed by atoms with Crippen LogP contribution in [-0.2, 0) is 11.2 Å². The molecule has 1 unspecified atom stereocenters. The summed E-state index contributed by atoms with van der Waals surface area (Å²) in [6, 6.07) is 7.82. The number of hydrogen-bond donors (Lipinski definition) is 1. The SMILES string of the molecule is Cc1ccc(Cc2nc(C(=O)N3CCC(C(=O)O)(C(F)(F)F)C3)cs2)cc1. The van der Waals surface area contributed by atoms with Crippen molar-refractivity contribution in [1.29, 1.82) is 0 Å². The van der Waals surface area contributed by atoms with Crippen molar-refractivity contribution >= 4 is 23.2 Å². The number of aromatic nitrogens is 1. The number of carboxylic acids is 1. The molecule has 1 atom stereocenters. The number of carboxylic acid groups (broad SMARTS) is 1. The third kappa shape index (κ3) is 3.69. The first kappa shape index (κ1) is 19.3. The normalized spacial score (nSPS) is 20.1. The fourth-order valence-electron chi connectivity index (χ4n) is 3.04. The van der Waals surface area contributed by atoms with Crippen molar-refractivity contribution in [2.75, 3.05) is 13.1 Å². The summed E-state index contributed by atoms with van der Waals surface area (Å²) < 4.78 is 39.7. The van der Waals surface area contributed by atoms with E-state index in [2.05, 4.69) is 4.98 Å². The van der Waals surface area contributed by atoms with Gasteiger partial charge in [-0.15, -0.1) is 11.3 Å². The Morgan fingerprint density at radius 1 is 1.30 bits per heavy atom. The molecule has 0 bridgehead atoms. The summed E-state index contributed by atoms with van der Waals surface area (Å²) in [5.41, 5.74) is -0.736. The fraction of sp³-hybridized carbons (Fsp3) is 0.389. The molecule has 1 aliphatic heterocycles. The van der Waals surface area contributed by atoms with E-state index in [4.69, 9.17) is 5.11 Å². The maximum absolute atomic E-state index is 13.2. The largest absolute Gasteiger partial charge is 0.481 e. The van der Waals surface area contributed by atoms with Crippen LogP contribution in [0, 0.1) is 12.3 Å². The van der Waals surface area contributed by atoms with Crippen molar-refractivity contribution in [2.45, 2.75) is 25.9 Å². The molecule has 27 heavy (non-hydrogen) atoms. The van der Waals surface area contributed by atoms with E-state index in [9.17, 15) is 22.8 Å². The van der Waals surface area contributed by atoms with E-state index in [0.717, 1.165) is 16.0 Å². The van der Waals surface area contributed by atoms with Crippen LogP contribution in [0.25, 0.3) is 0 Å². The summed E-state index contributed by atoms with van der Waals surface area (Å²) in [7, 11) is 0. The minimum Gasteiger partial charge on any atom is -0.481 e. The predicted octanol–water partition coefficient (Wildman–Crippen LogP) is 3.52. The van der Waals surface area contributed by atoms with Crippen molar-refractivity contribution in [1.82, 2.24) is 9.88 Å². The number of aliphatic carboxylic acids is 1. The average molecular weight is 398 g/mol. The lowest BCUT2D eigenvalue weighted by Gasteiger charge is -2.27. The molecule has 5 nitrogen and oxygen atoms in total. The Labute approximate surface area is 157 Å². The maximum Gasteiger partial charge on any atom is 0.406 e. The molecule has 0 spiro atoms. The van der Waals surface area contributed by atoms with Gasteiger partial charge in [0.05, 0.1) is 5.01 Å². The van der Waals surface area contributed by atoms with E-state index in [0.29, 0.717) is 11.4 Å². The lowest BCUT2D eigenvalue weighted by molar-refractivity contribution is -0.227. The van der Waals surface area contributed by atoms with E-state index in [1.54, 1.807) is 0 Å². The van der Waals surface area contributed by atoms with Gasteiger partial charge in [0, 0.05) is 24.9 Å². The van der Waals surface area contributed by atoms with Gasteiger partial charge in [0.2, 0.25) is 0 Å². The number of nitrogens with zero attached hydrogens (tertiary/aromatic N) is 2. The third-order valence-corrected chi connectivity index (χ3v) is 5.60. The first-order valence-electron chi connectivity index (χ1n) is 8.22. The Bertz CT molecular complexity index is 863. The fourth-order valence-corrected chi connectivity index (χ4v) is 3.85. The number of likely N-dealkylation sites (tertiary alicyclic amines) is 1. The molecule has 0 radical (unpaired) electrons.